The molecule has 0 saturated carbocycles. The van der Waals surface area contributed by atoms with Gasteiger partial charge in [0.2, 0.25) is 0 Å². The number of halogens is 2. The molecule has 2 aromatic rings. The quantitative estimate of drug-likeness (QED) is 0.849. The molecule has 4 nitrogen and oxygen atoms in total. The molecule has 0 heterocycles. The van der Waals surface area contributed by atoms with Gasteiger partial charge in [0.15, 0.2) is 6.61 Å². The molecule has 0 aliphatic rings. The molecular weight excluding hydrogens is 325 g/mol. The first-order valence-corrected chi connectivity index (χ1v) is 7.39. The van der Waals surface area contributed by atoms with Crippen molar-refractivity contribution in [2.24, 2.45) is 0 Å². The zero-order valence-corrected chi connectivity index (χ0v) is 13.1. The molecule has 0 spiro atoms. The molecule has 22 heavy (non-hydrogen) atoms. The van der Waals surface area contributed by atoms with Crippen LogP contribution in [-0.4, -0.2) is 24.2 Å². The smallest absolute Gasteiger partial charge is 0.258 e. The Hall–Kier alpha value is -1.75. The third-order valence-corrected chi connectivity index (χ3v) is 3.31. The Morgan fingerprint density at radius 1 is 1.14 bits per heavy atom. The van der Waals surface area contributed by atoms with Gasteiger partial charge < -0.3 is 15.2 Å². The lowest BCUT2D eigenvalue weighted by atomic mass is 10.1. The number of benzene rings is 2. The highest BCUT2D eigenvalue weighted by atomic mass is 35.5. The lowest BCUT2D eigenvalue weighted by Crippen LogP contribution is -2.32. The average Bonchev–Trinajstić information content (AvgIpc) is 2.50. The summed E-state index contributed by atoms with van der Waals surface area (Å²) in [5.41, 5.74) is 0.543. The van der Waals surface area contributed by atoms with Gasteiger partial charge >= 0.3 is 0 Å². The van der Waals surface area contributed by atoms with Crippen molar-refractivity contribution in [3.05, 3.63) is 64.1 Å². The minimum Gasteiger partial charge on any atom is -0.484 e. The van der Waals surface area contributed by atoms with Crippen LogP contribution >= 0.6 is 23.2 Å². The van der Waals surface area contributed by atoms with Crippen molar-refractivity contribution in [2.45, 2.75) is 6.10 Å². The minimum absolute atomic E-state index is 0.0493. The Balaban J connectivity index is 1.80. The van der Waals surface area contributed by atoms with Gasteiger partial charge in [-0.15, -0.1) is 0 Å². The van der Waals surface area contributed by atoms with Crippen molar-refractivity contribution in [1.82, 2.24) is 5.32 Å². The van der Waals surface area contributed by atoms with E-state index in [0.29, 0.717) is 21.4 Å². The molecule has 0 aliphatic heterocycles. The fourth-order valence-corrected chi connectivity index (χ4v) is 2.36. The Bertz CT molecular complexity index is 614. The number of para-hydroxylation sites is 1. The number of rotatable bonds is 6. The predicted molar refractivity (Wildman–Crippen MR) is 86.4 cm³/mol. The van der Waals surface area contributed by atoms with E-state index in [0.717, 1.165) is 0 Å². The van der Waals surface area contributed by atoms with Gasteiger partial charge in [-0.3, -0.25) is 4.79 Å². The number of carbonyl (C=O) groups excluding carboxylic acids is 1. The molecule has 116 valence electrons. The van der Waals surface area contributed by atoms with Gasteiger partial charge in [-0.1, -0.05) is 41.4 Å². The van der Waals surface area contributed by atoms with Gasteiger partial charge in [-0.2, -0.15) is 0 Å². The highest BCUT2D eigenvalue weighted by Gasteiger charge is 2.11. The first kappa shape index (κ1) is 16.6. The van der Waals surface area contributed by atoms with Gasteiger partial charge in [-0.25, -0.2) is 0 Å². The molecule has 0 saturated heterocycles. The van der Waals surface area contributed by atoms with Gasteiger partial charge in [0.05, 0.1) is 6.10 Å². The van der Waals surface area contributed by atoms with E-state index in [1.54, 1.807) is 30.3 Å². The van der Waals surface area contributed by atoms with Crippen LogP contribution in [0.3, 0.4) is 0 Å². The molecule has 2 rings (SSSR count). The topological polar surface area (TPSA) is 58.6 Å². The second kappa shape index (κ2) is 8.03. The van der Waals surface area contributed by atoms with E-state index in [1.807, 2.05) is 18.2 Å². The maximum atomic E-state index is 11.7. The van der Waals surface area contributed by atoms with Gasteiger partial charge in [0, 0.05) is 16.6 Å². The molecule has 2 aromatic carbocycles. The summed E-state index contributed by atoms with van der Waals surface area (Å²) < 4.78 is 5.31. The van der Waals surface area contributed by atoms with E-state index < -0.39 is 6.10 Å². The number of aliphatic hydroxyl groups is 1. The number of amides is 1. The van der Waals surface area contributed by atoms with Crippen LogP contribution in [0.1, 0.15) is 11.7 Å². The molecule has 2 N–H and O–H groups in total. The standard InChI is InChI=1S/C16H15Cl2NO3/c17-12-6-11(7-13(18)8-12)15(20)9-19-16(21)10-22-14-4-2-1-3-5-14/h1-8,15,20H,9-10H2,(H,19,21). The minimum atomic E-state index is -0.892. The van der Waals surface area contributed by atoms with E-state index in [-0.39, 0.29) is 19.1 Å². The number of aliphatic hydroxyl groups excluding tert-OH is 1. The molecular formula is C16H15Cl2NO3. The Labute approximate surface area is 138 Å². The van der Waals surface area contributed by atoms with Crippen molar-refractivity contribution in [3.8, 4) is 5.75 Å². The van der Waals surface area contributed by atoms with Crippen LogP contribution in [0.15, 0.2) is 48.5 Å². The average molecular weight is 340 g/mol. The van der Waals surface area contributed by atoms with E-state index in [2.05, 4.69) is 5.32 Å². The Kier molecular flexibility index (Phi) is 6.07. The van der Waals surface area contributed by atoms with Crippen LogP contribution in [0.4, 0.5) is 0 Å². The van der Waals surface area contributed by atoms with Crippen LogP contribution in [0, 0.1) is 0 Å². The fourth-order valence-electron chi connectivity index (χ4n) is 1.81. The van der Waals surface area contributed by atoms with Crippen molar-refractivity contribution in [2.75, 3.05) is 13.2 Å². The normalized spacial score (nSPS) is 11.8. The van der Waals surface area contributed by atoms with Crippen molar-refractivity contribution >= 4 is 29.1 Å². The maximum Gasteiger partial charge on any atom is 0.258 e. The predicted octanol–water partition coefficient (Wildman–Crippen LogP) is 3.22. The Morgan fingerprint density at radius 2 is 1.77 bits per heavy atom. The number of carbonyl (C=O) groups is 1. The number of hydrogen-bond acceptors (Lipinski definition) is 3. The van der Waals surface area contributed by atoms with E-state index in [4.69, 9.17) is 27.9 Å². The summed E-state index contributed by atoms with van der Waals surface area (Å²) in [6.07, 6.45) is -0.892. The van der Waals surface area contributed by atoms with Crippen LogP contribution in [-0.2, 0) is 4.79 Å². The first-order valence-electron chi connectivity index (χ1n) is 6.63. The first-order chi connectivity index (χ1) is 10.5. The highest BCUT2D eigenvalue weighted by molar-refractivity contribution is 6.34. The molecule has 1 amide bonds. The summed E-state index contributed by atoms with van der Waals surface area (Å²) in [6, 6.07) is 13.8. The van der Waals surface area contributed by atoms with Crippen molar-refractivity contribution in [1.29, 1.82) is 0 Å². The highest BCUT2D eigenvalue weighted by Crippen LogP contribution is 2.23. The molecule has 0 aliphatic carbocycles. The van der Waals surface area contributed by atoms with E-state index in [1.165, 1.54) is 0 Å². The van der Waals surface area contributed by atoms with Crippen LogP contribution in [0.5, 0.6) is 5.75 Å². The van der Waals surface area contributed by atoms with Crippen LogP contribution < -0.4 is 10.1 Å². The summed E-state index contributed by atoms with van der Waals surface area (Å²) in [6.45, 7) is -0.0688. The molecule has 0 aromatic heterocycles. The molecule has 0 bridgehead atoms. The lowest BCUT2D eigenvalue weighted by molar-refractivity contribution is -0.123. The summed E-state index contributed by atoms with van der Waals surface area (Å²) in [4.78, 5) is 11.7. The summed E-state index contributed by atoms with van der Waals surface area (Å²) in [5.74, 6) is 0.288. The number of hydrogen-bond donors (Lipinski definition) is 2. The zero-order chi connectivity index (χ0) is 15.9. The third-order valence-electron chi connectivity index (χ3n) is 2.88. The van der Waals surface area contributed by atoms with Gasteiger partial charge in [0.25, 0.3) is 5.91 Å². The monoisotopic (exact) mass is 339 g/mol. The lowest BCUT2D eigenvalue weighted by Gasteiger charge is -2.13. The van der Waals surface area contributed by atoms with Crippen LogP contribution in [0.25, 0.3) is 0 Å². The fraction of sp³-hybridized carbons (Fsp3) is 0.188. The van der Waals surface area contributed by atoms with Crippen LogP contribution in [0.2, 0.25) is 10.0 Å². The largest absolute Gasteiger partial charge is 0.484 e. The van der Waals surface area contributed by atoms with Crippen molar-refractivity contribution in [3.63, 3.8) is 0 Å². The maximum absolute atomic E-state index is 11.7. The van der Waals surface area contributed by atoms with E-state index >= 15 is 0 Å². The summed E-state index contributed by atoms with van der Waals surface area (Å²) in [7, 11) is 0. The number of ether oxygens (including phenoxy) is 1. The zero-order valence-electron chi connectivity index (χ0n) is 11.6. The molecule has 0 radical (unpaired) electrons. The third kappa shape index (κ3) is 5.22. The molecule has 6 heteroatoms. The Morgan fingerprint density at radius 3 is 2.41 bits per heavy atom. The molecule has 0 fully saturated rings. The van der Waals surface area contributed by atoms with Gasteiger partial charge in [0.1, 0.15) is 5.75 Å². The molecule has 1 unspecified atom stereocenters. The summed E-state index contributed by atoms with van der Waals surface area (Å²) >= 11 is 11.7. The number of nitrogens with one attached hydrogen (secondary N) is 1. The van der Waals surface area contributed by atoms with Gasteiger partial charge in [-0.05, 0) is 35.9 Å². The summed E-state index contributed by atoms with van der Waals surface area (Å²) in [5, 5.41) is 13.5. The second-order valence-electron chi connectivity index (χ2n) is 4.62. The SMILES string of the molecule is O=C(COc1ccccc1)NCC(O)c1cc(Cl)cc(Cl)c1. The van der Waals surface area contributed by atoms with E-state index in [9.17, 15) is 9.90 Å². The molecule has 1 atom stereocenters. The second-order valence-corrected chi connectivity index (χ2v) is 5.50. The van der Waals surface area contributed by atoms with Crippen molar-refractivity contribution < 1.29 is 14.6 Å².